The third-order valence-corrected chi connectivity index (χ3v) is 4.82. The van der Waals surface area contributed by atoms with Crippen LogP contribution >= 0.6 is 0 Å². The van der Waals surface area contributed by atoms with Gasteiger partial charge in [-0.2, -0.15) is 0 Å². The second-order valence-corrected chi connectivity index (χ2v) is 7.60. The maximum Gasteiger partial charge on any atom is 0.251 e. The van der Waals surface area contributed by atoms with Gasteiger partial charge in [0.15, 0.2) is 0 Å². The van der Waals surface area contributed by atoms with Gasteiger partial charge < -0.3 is 5.32 Å². The van der Waals surface area contributed by atoms with Crippen LogP contribution in [0.4, 0.5) is 0 Å². The number of benzene rings is 1. The van der Waals surface area contributed by atoms with Gasteiger partial charge in [0.05, 0.1) is 0 Å². The average molecular weight is 358 g/mol. The van der Waals surface area contributed by atoms with Crippen LogP contribution in [0.5, 0.6) is 0 Å². The summed E-state index contributed by atoms with van der Waals surface area (Å²) in [5.41, 5.74) is 4.34. The number of carbonyl (C=O) groups is 1. The molecule has 2 aromatic rings. The molecule has 1 atom stereocenters. The van der Waals surface area contributed by atoms with E-state index in [1.807, 2.05) is 0 Å². The van der Waals surface area contributed by atoms with Crippen molar-refractivity contribution in [2.45, 2.75) is 26.7 Å². The average Bonchev–Trinajstić information content (AvgIpc) is 2.87. The van der Waals surface area contributed by atoms with E-state index in [2.05, 4.69) is 85.7 Å². The molecular formula is C24H26N2O. The quantitative estimate of drug-likeness (QED) is 0.803. The van der Waals surface area contributed by atoms with E-state index < -0.39 is 0 Å². The highest BCUT2D eigenvalue weighted by molar-refractivity contribution is 5.94. The molecule has 138 valence electrons. The Hall–Kier alpha value is -2.94. The summed E-state index contributed by atoms with van der Waals surface area (Å²) in [6.07, 6.45) is 14.2. The van der Waals surface area contributed by atoms with Crippen LogP contribution in [0, 0.1) is 5.41 Å². The second-order valence-electron chi connectivity index (χ2n) is 7.60. The lowest BCUT2D eigenvalue weighted by Crippen LogP contribution is -2.27. The van der Waals surface area contributed by atoms with Crippen molar-refractivity contribution in [1.82, 2.24) is 10.3 Å². The normalized spacial score (nSPS) is 16.3. The molecular weight excluding hydrogens is 332 g/mol. The Kier molecular flexibility index (Phi) is 5.70. The van der Waals surface area contributed by atoms with Crippen molar-refractivity contribution >= 4 is 11.5 Å². The third kappa shape index (κ3) is 5.04. The molecule has 1 aliphatic rings. The summed E-state index contributed by atoms with van der Waals surface area (Å²) in [6.45, 7) is 7.11. The Morgan fingerprint density at radius 2 is 1.78 bits per heavy atom. The van der Waals surface area contributed by atoms with E-state index in [0.717, 1.165) is 0 Å². The van der Waals surface area contributed by atoms with Crippen LogP contribution in [0.3, 0.4) is 0 Å². The number of rotatable bonds is 5. The summed E-state index contributed by atoms with van der Waals surface area (Å²) in [5, 5.41) is 2.99. The van der Waals surface area contributed by atoms with Gasteiger partial charge in [-0.15, -0.1) is 0 Å². The fourth-order valence-electron chi connectivity index (χ4n) is 2.98. The topological polar surface area (TPSA) is 42.0 Å². The number of allylic oxidation sites excluding steroid dienone is 6. The molecule has 3 heteroatoms. The predicted octanol–water partition coefficient (Wildman–Crippen LogP) is 5.15. The van der Waals surface area contributed by atoms with Crippen LogP contribution in [0.25, 0.3) is 5.57 Å². The van der Waals surface area contributed by atoms with Crippen LogP contribution in [-0.2, 0) is 0 Å². The number of nitrogens with one attached hydrogen (secondary N) is 1. The number of hydrogen-bond donors (Lipinski definition) is 1. The largest absolute Gasteiger partial charge is 0.351 e. The molecule has 1 aromatic carbocycles. The van der Waals surface area contributed by atoms with Gasteiger partial charge in [-0.25, -0.2) is 0 Å². The summed E-state index contributed by atoms with van der Waals surface area (Å²) in [6, 6.07) is 12.0. The van der Waals surface area contributed by atoms with Crippen molar-refractivity contribution in [3.05, 3.63) is 95.9 Å². The minimum Gasteiger partial charge on any atom is -0.351 e. The molecule has 1 unspecified atom stereocenters. The molecule has 0 fully saturated rings. The Balaban J connectivity index is 1.62. The number of aromatic nitrogens is 1. The van der Waals surface area contributed by atoms with Crippen molar-refractivity contribution in [3.63, 3.8) is 0 Å². The lowest BCUT2D eigenvalue weighted by atomic mass is 9.92. The fourth-order valence-corrected chi connectivity index (χ4v) is 2.98. The Morgan fingerprint density at radius 1 is 1.07 bits per heavy atom. The molecule has 1 heterocycles. The number of nitrogens with zero attached hydrogens (tertiary/aromatic N) is 1. The van der Waals surface area contributed by atoms with Gasteiger partial charge in [0.2, 0.25) is 0 Å². The van der Waals surface area contributed by atoms with Crippen molar-refractivity contribution in [2.75, 3.05) is 6.54 Å². The first-order valence-electron chi connectivity index (χ1n) is 9.32. The van der Waals surface area contributed by atoms with Gasteiger partial charge in [0, 0.05) is 29.9 Å². The number of pyridine rings is 1. The highest BCUT2D eigenvalue weighted by Gasteiger charge is 2.12. The van der Waals surface area contributed by atoms with Crippen molar-refractivity contribution in [3.8, 4) is 0 Å². The minimum atomic E-state index is -0.0657. The molecule has 1 amide bonds. The monoisotopic (exact) mass is 358 g/mol. The van der Waals surface area contributed by atoms with Gasteiger partial charge in [0.25, 0.3) is 5.91 Å². The first-order valence-corrected chi connectivity index (χ1v) is 9.32. The maximum absolute atomic E-state index is 12.2. The Labute approximate surface area is 161 Å². The predicted molar refractivity (Wildman–Crippen MR) is 111 cm³/mol. The van der Waals surface area contributed by atoms with Gasteiger partial charge in [0.1, 0.15) is 0 Å². The standard InChI is InChI=1S/C24H26N2O/c1-18(17-26-23(27)22-11-15-25-16-12-22)19-6-8-21(9-7-19)20-5-4-13-24(2,3)14-10-20/h4-16,18H,17H2,1-3H3,(H,26,27). The molecule has 0 bridgehead atoms. The molecule has 0 saturated heterocycles. The molecule has 0 radical (unpaired) electrons. The summed E-state index contributed by atoms with van der Waals surface area (Å²) in [5.74, 6) is 0.173. The van der Waals surface area contributed by atoms with Gasteiger partial charge in [-0.1, -0.05) is 75.4 Å². The SMILES string of the molecule is CC(CNC(=O)c1ccncc1)c1ccc(C2=CC=CC(C)(C)C=C2)cc1. The van der Waals surface area contributed by atoms with Gasteiger partial charge in [-0.3, -0.25) is 9.78 Å². The molecule has 3 nitrogen and oxygen atoms in total. The van der Waals surface area contributed by atoms with E-state index in [1.54, 1.807) is 24.5 Å². The molecule has 1 N–H and O–H groups in total. The summed E-state index contributed by atoms with van der Waals surface area (Å²) in [7, 11) is 0. The van der Waals surface area contributed by atoms with E-state index in [1.165, 1.54) is 16.7 Å². The van der Waals surface area contributed by atoms with Crippen LogP contribution < -0.4 is 5.32 Å². The zero-order chi connectivity index (χ0) is 19.3. The third-order valence-electron chi connectivity index (χ3n) is 4.82. The van der Waals surface area contributed by atoms with Gasteiger partial charge >= 0.3 is 0 Å². The highest BCUT2D eigenvalue weighted by atomic mass is 16.1. The van der Waals surface area contributed by atoms with Crippen molar-refractivity contribution in [2.24, 2.45) is 5.41 Å². The van der Waals surface area contributed by atoms with Crippen LogP contribution in [-0.4, -0.2) is 17.4 Å². The summed E-state index contributed by atoms with van der Waals surface area (Å²) in [4.78, 5) is 16.1. The number of amides is 1. The van der Waals surface area contributed by atoms with E-state index in [4.69, 9.17) is 0 Å². The smallest absolute Gasteiger partial charge is 0.251 e. The Morgan fingerprint density at radius 3 is 2.48 bits per heavy atom. The van der Waals surface area contributed by atoms with E-state index in [0.29, 0.717) is 12.1 Å². The lowest BCUT2D eigenvalue weighted by molar-refractivity contribution is 0.0951. The van der Waals surface area contributed by atoms with E-state index in [9.17, 15) is 4.79 Å². The molecule has 3 rings (SSSR count). The second kappa shape index (κ2) is 8.17. The molecule has 1 aromatic heterocycles. The number of carbonyl (C=O) groups excluding carboxylic acids is 1. The molecule has 1 aliphatic carbocycles. The summed E-state index contributed by atoms with van der Waals surface area (Å²) >= 11 is 0. The lowest BCUT2D eigenvalue weighted by Gasteiger charge is -2.14. The van der Waals surface area contributed by atoms with Crippen LogP contribution in [0.15, 0.2) is 79.2 Å². The number of hydrogen-bond acceptors (Lipinski definition) is 2. The maximum atomic E-state index is 12.2. The summed E-state index contributed by atoms with van der Waals surface area (Å²) < 4.78 is 0. The van der Waals surface area contributed by atoms with Gasteiger partial charge in [-0.05, 0) is 34.8 Å². The van der Waals surface area contributed by atoms with E-state index >= 15 is 0 Å². The zero-order valence-electron chi connectivity index (χ0n) is 16.1. The highest BCUT2D eigenvalue weighted by Crippen LogP contribution is 2.27. The molecule has 0 aliphatic heterocycles. The first-order chi connectivity index (χ1) is 12.9. The minimum absolute atomic E-state index is 0.0657. The van der Waals surface area contributed by atoms with E-state index in [-0.39, 0.29) is 17.2 Å². The first kappa shape index (κ1) is 18.8. The van der Waals surface area contributed by atoms with Crippen LogP contribution in [0.2, 0.25) is 0 Å². The van der Waals surface area contributed by atoms with Crippen LogP contribution in [0.1, 0.15) is 48.2 Å². The zero-order valence-corrected chi connectivity index (χ0v) is 16.1. The Bertz CT molecular complexity index is 874. The molecule has 0 saturated carbocycles. The fraction of sp³-hybridized carbons (Fsp3) is 0.250. The van der Waals surface area contributed by atoms with Crippen molar-refractivity contribution in [1.29, 1.82) is 0 Å². The molecule has 0 spiro atoms. The molecule has 27 heavy (non-hydrogen) atoms. The van der Waals surface area contributed by atoms with Crippen molar-refractivity contribution < 1.29 is 4.79 Å².